The van der Waals surface area contributed by atoms with Crippen molar-refractivity contribution >= 4 is 22.8 Å². The SMILES string of the molecule is COC(=O)C(Cc1ccc(OCc2ccccc2)cc1)NC(=O)c1ccc(OCCOc2ccc3cccnc3c2)cc1. The summed E-state index contributed by atoms with van der Waals surface area (Å²) in [5.41, 5.74) is 3.19. The average Bonchev–Trinajstić information content (AvgIpc) is 3.06. The molecule has 1 atom stereocenters. The van der Waals surface area contributed by atoms with Gasteiger partial charge in [-0.3, -0.25) is 9.78 Å². The third kappa shape index (κ3) is 8.33. The number of nitrogens with one attached hydrogen (secondary N) is 1. The Morgan fingerprint density at radius 3 is 2.14 bits per heavy atom. The summed E-state index contributed by atoms with van der Waals surface area (Å²) in [4.78, 5) is 29.8. The largest absolute Gasteiger partial charge is 0.490 e. The lowest BCUT2D eigenvalue weighted by atomic mass is 10.0. The number of hydrogen-bond acceptors (Lipinski definition) is 7. The number of pyridine rings is 1. The molecule has 4 aromatic carbocycles. The maximum Gasteiger partial charge on any atom is 0.328 e. The monoisotopic (exact) mass is 576 g/mol. The van der Waals surface area contributed by atoms with Gasteiger partial charge in [0, 0.05) is 29.6 Å². The van der Waals surface area contributed by atoms with Gasteiger partial charge >= 0.3 is 5.97 Å². The molecular weight excluding hydrogens is 544 g/mol. The van der Waals surface area contributed by atoms with E-state index in [2.05, 4.69) is 10.3 Å². The lowest BCUT2D eigenvalue weighted by Gasteiger charge is -2.17. The first-order valence-electron chi connectivity index (χ1n) is 13.9. The van der Waals surface area contributed by atoms with Crippen molar-refractivity contribution in [2.45, 2.75) is 19.1 Å². The third-order valence-corrected chi connectivity index (χ3v) is 6.72. The summed E-state index contributed by atoms with van der Waals surface area (Å²) in [6.45, 7) is 1.13. The second-order valence-corrected chi connectivity index (χ2v) is 9.75. The average molecular weight is 577 g/mol. The van der Waals surface area contributed by atoms with Crippen molar-refractivity contribution in [3.05, 3.63) is 132 Å². The molecule has 1 heterocycles. The van der Waals surface area contributed by atoms with Crippen LogP contribution in [0, 0.1) is 0 Å². The van der Waals surface area contributed by atoms with E-state index >= 15 is 0 Å². The van der Waals surface area contributed by atoms with Crippen molar-refractivity contribution in [3.8, 4) is 17.2 Å². The molecule has 0 radical (unpaired) electrons. The summed E-state index contributed by atoms with van der Waals surface area (Å²) < 4.78 is 22.3. The van der Waals surface area contributed by atoms with Crippen molar-refractivity contribution < 1.29 is 28.5 Å². The van der Waals surface area contributed by atoms with Gasteiger partial charge in [-0.05, 0) is 65.7 Å². The highest BCUT2D eigenvalue weighted by Crippen LogP contribution is 2.19. The molecule has 1 N–H and O–H groups in total. The summed E-state index contributed by atoms with van der Waals surface area (Å²) >= 11 is 0. The van der Waals surface area contributed by atoms with Crippen LogP contribution in [-0.4, -0.2) is 43.2 Å². The van der Waals surface area contributed by atoms with E-state index in [9.17, 15) is 9.59 Å². The summed E-state index contributed by atoms with van der Waals surface area (Å²) in [6.07, 6.45) is 2.02. The Balaban J connectivity index is 1.10. The summed E-state index contributed by atoms with van der Waals surface area (Å²) in [6, 6.07) is 32.8. The van der Waals surface area contributed by atoms with Crippen molar-refractivity contribution in [1.29, 1.82) is 0 Å². The van der Waals surface area contributed by atoms with Crippen LogP contribution in [0.1, 0.15) is 21.5 Å². The van der Waals surface area contributed by atoms with Gasteiger partial charge in [-0.1, -0.05) is 48.5 Å². The Morgan fingerprint density at radius 1 is 0.721 bits per heavy atom. The van der Waals surface area contributed by atoms with E-state index in [-0.39, 0.29) is 6.42 Å². The first kappa shape index (κ1) is 29.1. The molecule has 0 saturated heterocycles. The zero-order valence-corrected chi connectivity index (χ0v) is 23.8. The van der Waals surface area contributed by atoms with Gasteiger partial charge in [0.1, 0.15) is 43.1 Å². The van der Waals surface area contributed by atoms with Crippen LogP contribution in [0.4, 0.5) is 0 Å². The summed E-state index contributed by atoms with van der Waals surface area (Å²) in [5.74, 6) is 1.11. The predicted molar refractivity (Wildman–Crippen MR) is 163 cm³/mol. The van der Waals surface area contributed by atoms with E-state index in [1.807, 2.05) is 84.9 Å². The first-order valence-corrected chi connectivity index (χ1v) is 13.9. The second-order valence-electron chi connectivity index (χ2n) is 9.75. The Labute approximate surface area is 250 Å². The normalized spacial score (nSPS) is 11.4. The molecule has 0 spiro atoms. The fourth-order valence-electron chi connectivity index (χ4n) is 4.43. The van der Waals surface area contributed by atoms with Crippen LogP contribution in [0.25, 0.3) is 10.9 Å². The van der Waals surface area contributed by atoms with Gasteiger partial charge < -0.3 is 24.3 Å². The Kier molecular flexibility index (Phi) is 9.82. The van der Waals surface area contributed by atoms with Crippen LogP contribution in [0.15, 0.2) is 115 Å². The molecule has 218 valence electrons. The third-order valence-electron chi connectivity index (χ3n) is 6.72. The van der Waals surface area contributed by atoms with Crippen LogP contribution in [-0.2, 0) is 22.6 Å². The van der Waals surface area contributed by atoms with Crippen LogP contribution in [0.3, 0.4) is 0 Å². The van der Waals surface area contributed by atoms with Gasteiger partial charge in [-0.15, -0.1) is 0 Å². The minimum absolute atomic E-state index is 0.270. The molecule has 0 saturated carbocycles. The molecule has 1 aromatic heterocycles. The molecule has 5 aromatic rings. The predicted octanol–water partition coefficient (Wildman–Crippen LogP) is 5.79. The highest BCUT2D eigenvalue weighted by atomic mass is 16.5. The van der Waals surface area contributed by atoms with Crippen molar-refractivity contribution in [3.63, 3.8) is 0 Å². The minimum Gasteiger partial charge on any atom is -0.490 e. The molecule has 8 heteroatoms. The van der Waals surface area contributed by atoms with Gasteiger partial charge in [0.05, 0.1) is 12.6 Å². The Morgan fingerprint density at radius 2 is 1.40 bits per heavy atom. The first-order chi connectivity index (χ1) is 21.1. The number of nitrogens with zero attached hydrogens (tertiary/aromatic N) is 1. The Hall–Kier alpha value is -5.37. The lowest BCUT2D eigenvalue weighted by Crippen LogP contribution is -2.43. The van der Waals surface area contributed by atoms with Gasteiger partial charge in [-0.2, -0.15) is 0 Å². The topological polar surface area (TPSA) is 96.0 Å². The van der Waals surface area contributed by atoms with Gasteiger partial charge in [-0.25, -0.2) is 4.79 Å². The molecule has 8 nitrogen and oxygen atoms in total. The van der Waals surface area contributed by atoms with E-state index < -0.39 is 17.9 Å². The number of benzene rings is 4. The number of rotatable bonds is 13. The number of methoxy groups -OCH3 is 1. The molecule has 0 aliphatic heterocycles. The number of ether oxygens (including phenoxy) is 4. The fraction of sp³-hybridized carbons (Fsp3) is 0.171. The number of carbonyl (C=O) groups excluding carboxylic acids is 2. The number of aromatic nitrogens is 1. The number of fused-ring (bicyclic) bond motifs is 1. The molecule has 0 fully saturated rings. The smallest absolute Gasteiger partial charge is 0.328 e. The molecule has 0 aliphatic carbocycles. The lowest BCUT2D eigenvalue weighted by molar-refractivity contribution is -0.142. The highest BCUT2D eigenvalue weighted by molar-refractivity contribution is 5.97. The molecule has 43 heavy (non-hydrogen) atoms. The second kappa shape index (κ2) is 14.5. The maximum absolute atomic E-state index is 13.0. The standard InChI is InChI=1S/C35H32N2O6/c1-40-35(39)33(22-25-9-14-30(15-10-25)43-24-26-6-3-2-4-7-26)37-34(38)28-12-16-29(17-13-28)41-20-21-42-31-18-11-27-8-5-19-36-32(27)23-31/h2-19,23,33H,20-22,24H2,1H3,(H,37,38). The fourth-order valence-corrected chi connectivity index (χ4v) is 4.43. The van der Waals surface area contributed by atoms with Crippen LogP contribution in [0.2, 0.25) is 0 Å². The van der Waals surface area contributed by atoms with Crippen LogP contribution >= 0.6 is 0 Å². The van der Waals surface area contributed by atoms with Gasteiger partial charge in [0.25, 0.3) is 5.91 Å². The molecule has 5 rings (SSSR count). The molecule has 1 unspecified atom stereocenters. The number of hydrogen-bond donors (Lipinski definition) is 1. The maximum atomic E-state index is 13.0. The zero-order valence-electron chi connectivity index (χ0n) is 23.8. The van der Waals surface area contributed by atoms with Gasteiger partial charge in [0.2, 0.25) is 0 Å². The van der Waals surface area contributed by atoms with E-state index in [4.69, 9.17) is 18.9 Å². The van der Waals surface area contributed by atoms with E-state index in [1.165, 1.54) is 7.11 Å². The number of esters is 1. The minimum atomic E-state index is -0.855. The summed E-state index contributed by atoms with van der Waals surface area (Å²) in [7, 11) is 1.30. The van der Waals surface area contributed by atoms with E-state index in [0.717, 1.165) is 22.0 Å². The van der Waals surface area contributed by atoms with Gasteiger partial charge in [0.15, 0.2) is 0 Å². The highest BCUT2D eigenvalue weighted by Gasteiger charge is 2.23. The van der Waals surface area contributed by atoms with Crippen LogP contribution < -0.4 is 19.5 Å². The molecule has 0 aliphatic rings. The van der Waals surface area contributed by atoms with Crippen molar-refractivity contribution in [1.82, 2.24) is 10.3 Å². The molecule has 0 bridgehead atoms. The zero-order chi connectivity index (χ0) is 29.9. The van der Waals surface area contributed by atoms with Crippen LogP contribution in [0.5, 0.6) is 17.2 Å². The van der Waals surface area contributed by atoms with Crippen molar-refractivity contribution in [2.75, 3.05) is 20.3 Å². The molecule has 1 amide bonds. The Bertz CT molecular complexity index is 1640. The number of carbonyl (C=O) groups is 2. The summed E-state index contributed by atoms with van der Waals surface area (Å²) in [5, 5.41) is 3.83. The van der Waals surface area contributed by atoms with E-state index in [0.29, 0.717) is 42.6 Å². The number of amides is 1. The van der Waals surface area contributed by atoms with E-state index in [1.54, 1.807) is 30.5 Å². The molecular formula is C35H32N2O6. The van der Waals surface area contributed by atoms with Crippen molar-refractivity contribution in [2.24, 2.45) is 0 Å². The quantitative estimate of drug-likeness (QED) is 0.140.